The molecule has 1 aromatic rings. The first kappa shape index (κ1) is 15.5. The van der Waals surface area contributed by atoms with Crippen molar-refractivity contribution in [2.45, 2.75) is 39.8 Å². The maximum atomic E-state index is 11.6. The lowest BCUT2D eigenvalue weighted by molar-refractivity contribution is -0.140. The molecule has 0 spiro atoms. The van der Waals surface area contributed by atoms with Crippen LogP contribution in [0.3, 0.4) is 0 Å². The van der Waals surface area contributed by atoms with E-state index < -0.39 is 18.0 Å². The average Bonchev–Trinajstić information content (AvgIpc) is 2.80. The molecule has 3 N–H and O–H groups in total. The summed E-state index contributed by atoms with van der Waals surface area (Å²) in [6.45, 7) is 6.01. The molecular weight excluding hydrogens is 264 g/mol. The third kappa shape index (κ3) is 4.90. The largest absolute Gasteiger partial charge is 0.480 e. The van der Waals surface area contributed by atoms with Crippen molar-refractivity contribution in [2.24, 2.45) is 5.92 Å². The van der Waals surface area contributed by atoms with Crippen LogP contribution in [0.15, 0.2) is 12.1 Å². The molecule has 0 bridgehead atoms. The Hall–Kier alpha value is -1.56. The quantitative estimate of drug-likeness (QED) is 0.749. The van der Waals surface area contributed by atoms with Gasteiger partial charge in [-0.25, -0.2) is 9.59 Å². The summed E-state index contributed by atoms with van der Waals surface area (Å²) in [5, 5.41) is 14.1. The Labute approximate surface area is 117 Å². The van der Waals surface area contributed by atoms with E-state index in [1.807, 2.05) is 12.1 Å². The molecular formula is C13H20N2O3S. The molecule has 1 heterocycles. The molecule has 0 saturated heterocycles. The third-order valence-electron chi connectivity index (χ3n) is 2.71. The first-order chi connectivity index (χ1) is 8.93. The standard InChI is InChI=1S/C13H20N2O3S/c1-4-9-5-6-10(19-9)7-14-13(18)15-11(8(2)3)12(16)17/h5-6,8,11H,4,7H2,1-3H3,(H,16,17)(H2,14,15,18)/t11-/m0/s1. The number of rotatable bonds is 6. The average molecular weight is 284 g/mol. The summed E-state index contributed by atoms with van der Waals surface area (Å²) in [7, 11) is 0. The summed E-state index contributed by atoms with van der Waals surface area (Å²) < 4.78 is 0. The van der Waals surface area contributed by atoms with Gasteiger partial charge in [0.15, 0.2) is 0 Å². The molecule has 0 aliphatic heterocycles. The van der Waals surface area contributed by atoms with Crippen molar-refractivity contribution in [2.75, 3.05) is 0 Å². The van der Waals surface area contributed by atoms with Gasteiger partial charge in [-0.15, -0.1) is 11.3 Å². The van der Waals surface area contributed by atoms with Gasteiger partial charge in [-0.2, -0.15) is 0 Å². The third-order valence-corrected chi connectivity index (χ3v) is 3.94. The first-order valence-electron chi connectivity index (χ1n) is 6.28. The number of aryl methyl sites for hydroxylation is 1. The summed E-state index contributed by atoms with van der Waals surface area (Å²) in [6, 6.07) is 2.69. The van der Waals surface area contributed by atoms with E-state index in [1.54, 1.807) is 25.2 Å². The van der Waals surface area contributed by atoms with E-state index >= 15 is 0 Å². The zero-order chi connectivity index (χ0) is 14.4. The van der Waals surface area contributed by atoms with Crippen LogP contribution in [0.4, 0.5) is 4.79 Å². The van der Waals surface area contributed by atoms with E-state index in [0.717, 1.165) is 11.3 Å². The van der Waals surface area contributed by atoms with Gasteiger partial charge in [0.1, 0.15) is 6.04 Å². The fourth-order valence-corrected chi connectivity index (χ4v) is 2.48. The van der Waals surface area contributed by atoms with Gasteiger partial charge in [-0.1, -0.05) is 20.8 Å². The van der Waals surface area contributed by atoms with Crippen LogP contribution in [-0.4, -0.2) is 23.1 Å². The smallest absolute Gasteiger partial charge is 0.326 e. The van der Waals surface area contributed by atoms with Crippen molar-refractivity contribution in [3.63, 3.8) is 0 Å². The Morgan fingerprint density at radius 2 is 1.95 bits per heavy atom. The van der Waals surface area contributed by atoms with Crippen LogP contribution in [0.2, 0.25) is 0 Å². The highest BCUT2D eigenvalue weighted by molar-refractivity contribution is 7.11. The molecule has 0 saturated carbocycles. The highest BCUT2D eigenvalue weighted by Gasteiger charge is 2.23. The molecule has 1 atom stereocenters. The minimum atomic E-state index is -1.02. The van der Waals surface area contributed by atoms with Crippen LogP contribution >= 0.6 is 11.3 Å². The Morgan fingerprint density at radius 1 is 1.32 bits per heavy atom. The number of nitrogens with one attached hydrogen (secondary N) is 2. The zero-order valence-electron chi connectivity index (χ0n) is 11.4. The van der Waals surface area contributed by atoms with Crippen LogP contribution in [0, 0.1) is 5.92 Å². The molecule has 0 radical (unpaired) electrons. The van der Waals surface area contributed by atoms with Crippen LogP contribution in [0.1, 0.15) is 30.5 Å². The molecule has 0 aromatic carbocycles. The van der Waals surface area contributed by atoms with Gasteiger partial charge in [-0.3, -0.25) is 0 Å². The van der Waals surface area contributed by atoms with Crippen LogP contribution in [-0.2, 0) is 17.8 Å². The van der Waals surface area contributed by atoms with Gasteiger partial charge < -0.3 is 15.7 Å². The SMILES string of the molecule is CCc1ccc(CNC(=O)N[C@H](C(=O)O)C(C)C)s1. The number of thiophene rings is 1. The predicted molar refractivity (Wildman–Crippen MR) is 75.3 cm³/mol. The van der Waals surface area contributed by atoms with Crippen molar-refractivity contribution in [1.82, 2.24) is 10.6 Å². The molecule has 19 heavy (non-hydrogen) atoms. The number of urea groups is 1. The van der Waals surface area contributed by atoms with E-state index in [4.69, 9.17) is 5.11 Å². The minimum absolute atomic E-state index is 0.156. The number of hydrogen-bond donors (Lipinski definition) is 3. The molecule has 5 nitrogen and oxygen atoms in total. The Balaban J connectivity index is 2.44. The van der Waals surface area contributed by atoms with E-state index in [9.17, 15) is 9.59 Å². The lowest BCUT2D eigenvalue weighted by Crippen LogP contribution is -2.48. The van der Waals surface area contributed by atoms with Crippen LogP contribution < -0.4 is 10.6 Å². The second-order valence-corrected chi connectivity index (χ2v) is 5.86. The van der Waals surface area contributed by atoms with Gasteiger partial charge in [0.25, 0.3) is 0 Å². The summed E-state index contributed by atoms with van der Waals surface area (Å²) in [5.74, 6) is -1.17. The lowest BCUT2D eigenvalue weighted by Gasteiger charge is -2.18. The fourth-order valence-electron chi connectivity index (χ4n) is 1.58. The van der Waals surface area contributed by atoms with E-state index in [0.29, 0.717) is 6.54 Å². The highest BCUT2D eigenvalue weighted by Crippen LogP contribution is 2.16. The molecule has 1 rings (SSSR count). The number of carbonyl (C=O) groups is 2. The fraction of sp³-hybridized carbons (Fsp3) is 0.538. The monoisotopic (exact) mass is 284 g/mol. The predicted octanol–water partition coefficient (Wildman–Crippen LogP) is 2.22. The minimum Gasteiger partial charge on any atom is -0.480 e. The van der Waals surface area contributed by atoms with Gasteiger partial charge in [0.2, 0.25) is 0 Å². The van der Waals surface area contributed by atoms with Crippen LogP contribution in [0.25, 0.3) is 0 Å². The molecule has 0 fully saturated rings. The first-order valence-corrected chi connectivity index (χ1v) is 7.10. The Bertz CT molecular complexity index is 443. The normalized spacial score (nSPS) is 12.2. The van der Waals surface area contributed by atoms with E-state index in [1.165, 1.54) is 4.88 Å². The molecule has 0 aliphatic carbocycles. The van der Waals surface area contributed by atoms with Crippen molar-refractivity contribution < 1.29 is 14.7 Å². The van der Waals surface area contributed by atoms with Crippen LogP contribution in [0.5, 0.6) is 0 Å². The number of carboxylic acid groups (broad SMARTS) is 1. The van der Waals surface area contributed by atoms with Gasteiger partial charge in [0, 0.05) is 9.75 Å². The van der Waals surface area contributed by atoms with Gasteiger partial charge in [0.05, 0.1) is 6.54 Å². The Morgan fingerprint density at radius 3 is 2.42 bits per heavy atom. The number of carbonyl (C=O) groups excluding carboxylic acids is 1. The van der Waals surface area contributed by atoms with Crippen molar-refractivity contribution >= 4 is 23.3 Å². The number of amides is 2. The Kier molecular flexibility index (Phi) is 5.82. The lowest BCUT2D eigenvalue weighted by atomic mass is 10.1. The zero-order valence-corrected chi connectivity index (χ0v) is 12.2. The maximum Gasteiger partial charge on any atom is 0.326 e. The van der Waals surface area contributed by atoms with E-state index in [2.05, 4.69) is 17.6 Å². The van der Waals surface area contributed by atoms with Crippen molar-refractivity contribution in [3.8, 4) is 0 Å². The number of aliphatic carboxylic acids is 1. The molecule has 0 unspecified atom stereocenters. The molecule has 1 aromatic heterocycles. The molecule has 2 amide bonds. The number of carboxylic acids is 1. The van der Waals surface area contributed by atoms with Crippen molar-refractivity contribution in [3.05, 3.63) is 21.9 Å². The summed E-state index contributed by atoms with van der Waals surface area (Å²) >= 11 is 1.65. The summed E-state index contributed by atoms with van der Waals surface area (Å²) in [4.78, 5) is 24.9. The molecule has 6 heteroatoms. The van der Waals surface area contributed by atoms with Gasteiger partial charge >= 0.3 is 12.0 Å². The molecule has 0 aliphatic rings. The van der Waals surface area contributed by atoms with Crippen molar-refractivity contribution in [1.29, 1.82) is 0 Å². The second-order valence-electron chi connectivity index (χ2n) is 4.61. The van der Waals surface area contributed by atoms with Gasteiger partial charge in [-0.05, 0) is 24.5 Å². The summed E-state index contributed by atoms with van der Waals surface area (Å²) in [6.07, 6.45) is 0.977. The number of hydrogen-bond acceptors (Lipinski definition) is 3. The highest BCUT2D eigenvalue weighted by atomic mass is 32.1. The summed E-state index contributed by atoms with van der Waals surface area (Å²) in [5.41, 5.74) is 0. The van der Waals surface area contributed by atoms with E-state index in [-0.39, 0.29) is 5.92 Å². The topological polar surface area (TPSA) is 78.4 Å². The molecule has 106 valence electrons. The second kappa shape index (κ2) is 7.13. The maximum absolute atomic E-state index is 11.6.